The van der Waals surface area contributed by atoms with Gasteiger partial charge in [-0.1, -0.05) is 11.8 Å². The molecule has 0 spiro atoms. The molecule has 9 heteroatoms. The molecular formula is C20H16FN5O2S. The molecule has 0 radical (unpaired) electrons. The van der Waals surface area contributed by atoms with E-state index in [4.69, 9.17) is 4.74 Å². The summed E-state index contributed by atoms with van der Waals surface area (Å²) in [4.78, 5) is 25.4. The van der Waals surface area contributed by atoms with Crippen molar-refractivity contribution < 1.29 is 13.9 Å². The molecule has 7 nitrogen and oxygen atoms in total. The first-order chi connectivity index (χ1) is 14.1. The second-order valence-corrected chi connectivity index (χ2v) is 7.28. The van der Waals surface area contributed by atoms with Crippen LogP contribution in [0.2, 0.25) is 0 Å². The van der Waals surface area contributed by atoms with Crippen molar-refractivity contribution in [2.75, 3.05) is 7.11 Å². The maximum absolute atomic E-state index is 13.6. The second-order valence-electron chi connectivity index (χ2n) is 6.21. The number of nitrogens with zero attached hydrogens (tertiary/aromatic N) is 5. The Morgan fingerprint density at radius 2 is 2.07 bits per heavy atom. The van der Waals surface area contributed by atoms with Crippen molar-refractivity contribution in [3.63, 3.8) is 0 Å². The first kappa shape index (κ1) is 19.0. The molecule has 0 aromatic carbocycles. The Hall–Kier alpha value is -3.33. The van der Waals surface area contributed by atoms with Crippen LogP contribution in [-0.2, 0) is 0 Å². The normalized spacial score (nSPS) is 15.9. The molecule has 1 unspecified atom stereocenters. The molecule has 1 atom stereocenters. The van der Waals surface area contributed by atoms with E-state index in [9.17, 15) is 9.18 Å². The van der Waals surface area contributed by atoms with Gasteiger partial charge >= 0.3 is 0 Å². The van der Waals surface area contributed by atoms with Crippen LogP contribution in [0.3, 0.4) is 0 Å². The van der Waals surface area contributed by atoms with Crippen molar-refractivity contribution >= 4 is 22.7 Å². The molecule has 0 saturated carbocycles. The molecule has 3 aromatic rings. The maximum Gasteiger partial charge on any atom is 0.277 e. The van der Waals surface area contributed by atoms with E-state index in [0.29, 0.717) is 16.5 Å². The molecule has 4 heterocycles. The Morgan fingerprint density at radius 1 is 1.21 bits per heavy atom. The summed E-state index contributed by atoms with van der Waals surface area (Å²) in [7, 11) is 1.51. The van der Waals surface area contributed by atoms with Gasteiger partial charge in [0.15, 0.2) is 0 Å². The summed E-state index contributed by atoms with van der Waals surface area (Å²) in [6.45, 7) is 1.89. The Bertz CT molecular complexity index is 1090. The Kier molecular flexibility index (Phi) is 5.22. The largest absolute Gasteiger partial charge is 0.481 e. The van der Waals surface area contributed by atoms with Gasteiger partial charge in [-0.15, -0.1) is 0 Å². The molecule has 4 rings (SSSR count). The van der Waals surface area contributed by atoms with E-state index >= 15 is 0 Å². The highest BCUT2D eigenvalue weighted by atomic mass is 32.2. The number of ether oxygens (including phenoxy) is 1. The number of hydrogen-bond acceptors (Lipinski definition) is 7. The number of aromatic nitrogens is 3. The lowest BCUT2D eigenvalue weighted by molar-refractivity contribution is 0.0746. The fourth-order valence-corrected chi connectivity index (χ4v) is 3.97. The molecule has 1 aliphatic rings. The van der Waals surface area contributed by atoms with Crippen molar-refractivity contribution in [3.05, 3.63) is 83.3 Å². The minimum atomic E-state index is -0.592. The zero-order valence-corrected chi connectivity index (χ0v) is 16.4. The molecular weight excluding hydrogens is 393 g/mol. The molecule has 29 heavy (non-hydrogen) atoms. The van der Waals surface area contributed by atoms with Crippen molar-refractivity contribution in [1.29, 1.82) is 0 Å². The van der Waals surface area contributed by atoms with Gasteiger partial charge in [0.1, 0.15) is 16.2 Å². The third-order valence-corrected chi connectivity index (χ3v) is 5.44. The third kappa shape index (κ3) is 3.81. The zero-order valence-electron chi connectivity index (χ0n) is 15.6. The van der Waals surface area contributed by atoms with Crippen LogP contribution in [0.15, 0.2) is 60.2 Å². The number of hydrazone groups is 1. The van der Waals surface area contributed by atoms with E-state index in [-0.39, 0.29) is 5.56 Å². The molecule has 0 bridgehead atoms. The van der Waals surface area contributed by atoms with Gasteiger partial charge in [-0.3, -0.25) is 14.8 Å². The number of thioether (sulfide) groups is 1. The third-order valence-electron chi connectivity index (χ3n) is 4.22. The number of hydrogen-bond donors (Lipinski definition) is 0. The van der Waals surface area contributed by atoms with Crippen LogP contribution in [0.4, 0.5) is 4.39 Å². The van der Waals surface area contributed by atoms with Gasteiger partial charge < -0.3 is 4.74 Å². The van der Waals surface area contributed by atoms with Gasteiger partial charge in [-0.25, -0.2) is 14.4 Å². The second kappa shape index (κ2) is 7.96. The SMILES string of the molecule is COc1ncccc1C1SC(c2ccc(C)nc2)=NN1C(=O)c1cncc(F)c1. The zero-order chi connectivity index (χ0) is 20.4. The van der Waals surface area contributed by atoms with E-state index in [1.54, 1.807) is 18.5 Å². The summed E-state index contributed by atoms with van der Waals surface area (Å²) in [6.07, 6.45) is 5.67. The first-order valence-corrected chi connectivity index (χ1v) is 9.56. The summed E-state index contributed by atoms with van der Waals surface area (Å²) in [6, 6.07) is 8.48. The number of carbonyl (C=O) groups is 1. The van der Waals surface area contributed by atoms with Gasteiger partial charge in [-0.05, 0) is 37.3 Å². The fourth-order valence-electron chi connectivity index (χ4n) is 2.82. The lowest BCUT2D eigenvalue weighted by atomic mass is 10.2. The Balaban J connectivity index is 1.77. The van der Waals surface area contributed by atoms with E-state index in [1.165, 1.54) is 30.1 Å². The monoisotopic (exact) mass is 409 g/mol. The number of halogens is 1. The van der Waals surface area contributed by atoms with Crippen molar-refractivity contribution in [2.45, 2.75) is 12.3 Å². The van der Waals surface area contributed by atoms with Crippen LogP contribution >= 0.6 is 11.8 Å². The number of amides is 1. The molecule has 0 N–H and O–H groups in total. The van der Waals surface area contributed by atoms with Gasteiger partial charge in [0.25, 0.3) is 5.91 Å². The van der Waals surface area contributed by atoms with Gasteiger partial charge in [0.2, 0.25) is 5.88 Å². The minimum Gasteiger partial charge on any atom is -0.481 e. The minimum absolute atomic E-state index is 0.102. The van der Waals surface area contributed by atoms with E-state index < -0.39 is 17.1 Å². The standard InChI is InChI=1S/C20H16FN5O2S/c1-12-5-6-13(10-24-12)18-25-26(19(27)14-8-15(21)11-22-9-14)20(29-18)16-4-3-7-23-17(16)28-2/h3-11,20H,1-2H3. The average molecular weight is 409 g/mol. The predicted molar refractivity (Wildman–Crippen MR) is 107 cm³/mol. The molecule has 0 aliphatic carbocycles. The van der Waals surface area contributed by atoms with Gasteiger partial charge in [-0.2, -0.15) is 5.10 Å². The van der Waals surface area contributed by atoms with Crippen LogP contribution in [0, 0.1) is 12.7 Å². The number of methoxy groups -OCH3 is 1. The highest BCUT2D eigenvalue weighted by Gasteiger charge is 2.36. The summed E-state index contributed by atoms with van der Waals surface area (Å²) < 4.78 is 19.0. The molecule has 3 aromatic heterocycles. The molecule has 1 amide bonds. The molecule has 0 fully saturated rings. The van der Waals surface area contributed by atoms with Crippen LogP contribution in [0.5, 0.6) is 5.88 Å². The topological polar surface area (TPSA) is 80.6 Å². The maximum atomic E-state index is 13.6. The molecule has 0 saturated heterocycles. The fraction of sp³-hybridized carbons (Fsp3) is 0.150. The lowest BCUT2D eigenvalue weighted by Gasteiger charge is -2.22. The highest BCUT2D eigenvalue weighted by Crippen LogP contribution is 2.44. The highest BCUT2D eigenvalue weighted by molar-refractivity contribution is 8.14. The number of aryl methyl sites for hydroxylation is 1. The smallest absolute Gasteiger partial charge is 0.277 e. The summed E-state index contributed by atoms with van der Waals surface area (Å²) in [5.74, 6) is -0.681. The summed E-state index contributed by atoms with van der Waals surface area (Å²) >= 11 is 1.37. The Morgan fingerprint density at radius 3 is 2.79 bits per heavy atom. The van der Waals surface area contributed by atoms with E-state index in [0.717, 1.165) is 23.5 Å². The number of rotatable bonds is 4. The van der Waals surface area contributed by atoms with Crippen LogP contribution in [0.1, 0.15) is 32.6 Å². The van der Waals surface area contributed by atoms with Crippen molar-refractivity contribution in [3.8, 4) is 5.88 Å². The molecule has 1 aliphatic heterocycles. The average Bonchev–Trinajstić information content (AvgIpc) is 3.19. The lowest BCUT2D eigenvalue weighted by Crippen LogP contribution is -2.26. The molecule has 146 valence electrons. The van der Waals surface area contributed by atoms with Crippen molar-refractivity contribution in [1.82, 2.24) is 20.0 Å². The van der Waals surface area contributed by atoms with Crippen molar-refractivity contribution in [2.24, 2.45) is 5.10 Å². The van der Waals surface area contributed by atoms with E-state index in [1.807, 2.05) is 25.1 Å². The first-order valence-electron chi connectivity index (χ1n) is 8.68. The van der Waals surface area contributed by atoms with Crippen LogP contribution < -0.4 is 4.74 Å². The summed E-state index contributed by atoms with van der Waals surface area (Å²) in [5, 5.41) is 5.90. The van der Waals surface area contributed by atoms with E-state index in [2.05, 4.69) is 20.1 Å². The Labute approximate surface area is 170 Å². The quantitative estimate of drug-likeness (QED) is 0.655. The summed E-state index contributed by atoms with van der Waals surface area (Å²) in [5.41, 5.74) is 2.43. The van der Waals surface area contributed by atoms with Crippen LogP contribution in [-0.4, -0.2) is 38.0 Å². The van der Waals surface area contributed by atoms with Gasteiger partial charge in [0.05, 0.1) is 18.9 Å². The van der Waals surface area contributed by atoms with Gasteiger partial charge in [0, 0.05) is 35.4 Å². The predicted octanol–water partition coefficient (Wildman–Crippen LogP) is 3.58. The van der Waals surface area contributed by atoms with Crippen LogP contribution in [0.25, 0.3) is 0 Å². The number of carbonyl (C=O) groups excluding carboxylic acids is 1. The number of pyridine rings is 3.